The van der Waals surface area contributed by atoms with E-state index in [0.717, 1.165) is 11.4 Å². The van der Waals surface area contributed by atoms with Crippen LogP contribution in [0.5, 0.6) is 0 Å². The smallest absolute Gasteiger partial charge is 0.396 e. The number of hydrogen-bond acceptors (Lipinski definition) is 6. The lowest BCUT2D eigenvalue weighted by Gasteiger charge is -2.00. The van der Waals surface area contributed by atoms with Gasteiger partial charge in [0.2, 0.25) is 5.89 Å². The van der Waals surface area contributed by atoms with Crippen molar-refractivity contribution in [3.63, 3.8) is 0 Å². The van der Waals surface area contributed by atoms with Crippen LogP contribution in [0.25, 0.3) is 11.5 Å². The lowest BCUT2D eigenvalue weighted by Crippen LogP contribution is -2.04. The van der Waals surface area contributed by atoms with Crippen LogP contribution in [0.4, 0.5) is 0 Å². The number of ether oxygens (including phenoxy) is 1. The minimum absolute atomic E-state index is 0.146. The molecule has 0 unspecified atom stereocenters. The zero-order chi connectivity index (χ0) is 13.1. The fourth-order valence-corrected chi connectivity index (χ4v) is 1.52. The van der Waals surface area contributed by atoms with Gasteiger partial charge in [-0.1, -0.05) is 0 Å². The molecule has 2 aromatic heterocycles. The van der Waals surface area contributed by atoms with Gasteiger partial charge < -0.3 is 9.15 Å². The Morgan fingerprint density at radius 1 is 1.33 bits per heavy atom. The van der Waals surface area contributed by atoms with Crippen LogP contribution in [-0.4, -0.2) is 27.8 Å². The van der Waals surface area contributed by atoms with Crippen molar-refractivity contribution in [1.29, 1.82) is 0 Å². The number of rotatable bonds is 3. The third-order valence-electron chi connectivity index (χ3n) is 2.33. The van der Waals surface area contributed by atoms with Crippen LogP contribution in [-0.2, 0) is 4.74 Å². The van der Waals surface area contributed by atoms with Gasteiger partial charge in [0.05, 0.1) is 17.9 Å². The third-order valence-corrected chi connectivity index (χ3v) is 2.33. The summed E-state index contributed by atoms with van der Waals surface area (Å²) >= 11 is 0. The van der Waals surface area contributed by atoms with E-state index in [0.29, 0.717) is 5.56 Å². The van der Waals surface area contributed by atoms with Crippen LogP contribution in [0.15, 0.2) is 16.5 Å². The maximum atomic E-state index is 11.4. The molecule has 0 fully saturated rings. The molecular formula is C12H13N3O3. The van der Waals surface area contributed by atoms with Gasteiger partial charge in [-0.15, -0.1) is 10.2 Å². The van der Waals surface area contributed by atoms with Gasteiger partial charge in [-0.25, -0.2) is 4.79 Å². The van der Waals surface area contributed by atoms with E-state index in [1.165, 1.54) is 0 Å². The number of hydrogen-bond donors (Lipinski definition) is 0. The molecule has 0 aliphatic rings. The van der Waals surface area contributed by atoms with Gasteiger partial charge in [-0.3, -0.25) is 4.98 Å². The molecule has 0 saturated carbocycles. The van der Waals surface area contributed by atoms with Crippen LogP contribution in [0.3, 0.4) is 0 Å². The SMILES string of the molecule is CCOC(=O)c1nnc(-c2ccc(C)nc2C)o1. The van der Waals surface area contributed by atoms with E-state index in [9.17, 15) is 4.79 Å². The lowest BCUT2D eigenvalue weighted by atomic mass is 10.2. The number of aromatic nitrogens is 3. The molecule has 0 radical (unpaired) electrons. The number of carbonyl (C=O) groups excluding carboxylic acids is 1. The summed E-state index contributed by atoms with van der Waals surface area (Å²) in [6.07, 6.45) is 0. The Kier molecular flexibility index (Phi) is 3.36. The Morgan fingerprint density at radius 3 is 2.78 bits per heavy atom. The Labute approximate surface area is 104 Å². The first kappa shape index (κ1) is 12.2. The van der Waals surface area contributed by atoms with Crippen LogP contribution in [0.2, 0.25) is 0 Å². The Bertz CT molecular complexity index is 578. The Hall–Kier alpha value is -2.24. The van der Waals surface area contributed by atoms with Crippen LogP contribution < -0.4 is 0 Å². The van der Waals surface area contributed by atoms with E-state index in [2.05, 4.69) is 15.2 Å². The molecule has 0 spiro atoms. The first-order chi connectivity index (χ1) is 8.61. The monoisotopic (exact) mass is 247 g/mol. The first-order valence-electron chi connectivity index (χ1n) is 5.57. The molecule has 2 aromatic rings. The zero-order valence-electron chi connectivity index (χ0n) is 10.4. The quantitative estimate of drug-likeness (QED) is 0.771. The summed E-state index contributed by atoms with van der Waals surface area (Å²) in [5.41, 5.74) is 2.39. The van der Waals surface area contributed by atoms with E-state index in [1.807, 2.05) is 26.0 Å². The molecule has 0 saturated heterocycles. The van der Waals surface area contributed by atoms with Crippen molar-refractivity contribution in [2.45, 2.75) is 20.8 Å². The van der Waals surface area contributed by atoms with Crippen molar-refractivity contribution in [2.75, 3.05) is 6.61 Å². The molecule has 0 amide bonds. The molecule has 94 valence electrons. The summed E-state index contributed by atoms with van der Waals surface area (Å²) in [6.45, 7) is 5.72. The molecule has 0 aliphatic carbocycles. The Morgan fingerprint density at radius 2 is 2.11 bits per heavy atom. The molecule has 0 atom stereocenters. The highest BCUT2D eigenvalue weighted by Gasteiger charge is 2.18. The van der Waals surface area contributed by atoms with Gasteiger partial charge in [0.25, 0.3) is 0 Å². The maximum Gasteiger partial charge on any atom is 0.396 e. The summed E-state index contributed by atoms with van der Waals surface area (Å²) in [6, 6.07) is 3.68. The summed E-state index contributed by atoms with van der Waals surface area (Å²) in [4.78, 5) is 15.7. The summed E-state index contributed by atoms with van der Waals surface area (Å²) in [5, 5.41) is 7.48. The van der Waals surface area contributed by atoms with E-state index >= 15 is 0 Å². The number of nitrogens with zero attached hydrogens (tertiary/aromatic N) is 3. The maximum absolute atomic E-state index is 11.4. The second-order valence-electron chi connectivity index (χ2n) is 3.72. The van der Waals surface area contributed by atoms with Gasteiger partial charge >= 0.3 is 11.9 Å². The normalized spacial score (nSPS) is 10.4. The third kappa shape index (κ3) is 2.37. The molecule has 0 aromatic carbocycles. The highest BCUT2D eigenvalue weighted by Crippen LogP contribution is 2.21. The standard InChI is InChI=1S/C12H13N3O3/c1-4-17-12(16)11-15-14-10(18-11)9-6-5-7(2)13-8(9)3/h5-6H,4H2,1-3H3. The largest absolute Gasteiger partial charge is 0.459 e. The molecule has 2 rings (SSSR count). The van der Waals surface area contributed by atoms with E-state index in [-0.39, 0.29) is 18.4 Å². The van der Waals surface area contributed by atoms with Gasteiger partial charge in [0.1, 0.15) is 0 Å². The summed E-state index contributed by atoms with van der Waals surface area (Å²) < 4.78 is 10.0. The average Bonchev–Trinajstić information content (AvgIpc) is 2.78. The van der Waals surface area contributed by atoms with Gasteiger partial charge in [-0.2, -0.15) is 0 Å². The van der Waals surface area contributed by atoms with Crippen LogP contribution in [0, 0.1) is 13.8 Å². The molecule has 0 bridgehead atoms. The van der Waals surface area contributed by atoms with Crippen molar-refractivity contribution in [1.82, 2.24) is 15.2 Å². The van der Waals surface area contributed by atoms with Crippen molar-refractivity contribution in [3.8, 4) is 11.5 Å². The molecule has 6 heteroatoms. The molecule has 18 heavy (non-hydrogen) atoms. The fraction of sp³-hybridized carbons (Fsp3) is 0.333. The molecule has 0 aliphatic heterocycles. The van der Waals surface area contributed by atoms with Gasteiger partial charge in [0.15, 0.2) is 0 Å². The second kappa shape index (κ2) is 4.95. The zero-order valence-corrected chi connectivity index (χ0v) is 10.4. The van der Waals surface area contributed by atoms with E-state index in [1.54, 1.807) is 6.92 Å². The fourth-order valence-electron chi connectivity index (χ4n) is 1.52. The number of pyridine rings is 1. The van der Waals surface area contributed by atoms with Gasteiger partial charge in [0, 0.05) is 5.69 Å². The van der Waals surface area contributed by atoms with Crippen molar-refractivity contribution in [3.05, 3.63) is 29.4 Å². The number of aryl methyl sites for hydroxylation is 2. The molecule has 6 nitrogen and oxygen atoms in total. The van der Waals surface area contributed by atoms with Crippen LogP contribution >= 0.6 is 0 Å². The minimum atomic E-state index is -0.617. The van der Waals surface area contributed by atoms with Crippen molar-refractivity contribution < 1.29 is 13.9 Å². The lowest BCUT2D eigenvalue weighted by molar-refractivity contribution is 0.0481. The number of esters is 1. The van der Waals surface area contributed by atoms with Gasteiger partial charge in [-0.05, 0) is 32.9 Å². The van der Waals surface area contributed by atoms with Crippen molar-refractivity contribution in [2.24, 2.45) is 0 Å². The highest BCUT2D eigenvalue weighted by molar-refractivity contribution is 5.84. The second-order valence-corrected chi connectivity index (χ2v) is 3.72. The van der Waals surface area contributed by atoms with E-state index < -0.39 is 5.97 Å². The van der Waals surface area contributed by atoms with Crippen LogP contribution in [0.1, 0.15) is 29.0 Å². The van der Waals surface area contributed by atoms with E-state index in [4.69, 9.17) is 9.15 Å². The highest BCUT2D eigenvalue weighted by atomic mass is 16.5. The average molecular weight is 247 g/mol. The minimum Gasteiger partial charge on any atom is -0.459 e. The Balaban J connectivity index is 2.32. The topological polar surface area (TPSA) is 78.1 Å². The predicted molar refractivity (Wildman–Crippen MR) is 63.0 cm³/mol. The molecular weight excluding hydrogens is 234 g/mol. The van der Waals surface area contributed by atoms with Crippen molar-refractivity contribution >= 4 is 5.97 Å². The molecule has 0 N–H and O–H groups in total. The summed E-state index contributed by atoms with van der Waals surface area (Å²) in [7, 11) is 0. The summed E-state index contributed by atoms with van der Waals surface area (Å²) in [5.74, 6) is -0.496. The predicted octanol–water partition coefficient (Wildman–Crippen LogP) is 1.93. The molecule has 2 heterocycles. The first-order valence-corrected chi connectivity index (χ1v) is 5.57. The number of carbonyl (C=O) groups is 1.